The van der Waals surface area contributed by atoms with Crippen LogP contribution in [0.15, 0.2) is 24.7 Å². The van der Waals surface area contributed by atoms with Crippen LogP contribution in [0, 0.1) is 0 Å². The Morgan fingerprint density at radius 3 is 2.81 bits per heavy atom. The molecule has 86 valence electrons. The average molecular weight is 235 g/mol. The largest absolute Gasteiger partial charge is 0.328 e. The van der Waals surface area contributed by atoms with Crippen LogP contribution in [-0.2, 0) is 13.0 Å². The van der Waals surface area contributed by atoms with Gasteiger partial charge in [-0.1, -0.05) is 6.92 Å². The summed E-state index contributed by atoms with van der Waals surface area (Å²) >= 11 is 1.86. The van der Waals surface area contributed by atoms with E-state index in [1.165, 1.54) is 9.75 Å². The molecule has 2 N–H and O–H groups in total. The molecule has 2 aromatic rings. The topological polar surface area (TPSA) is 43.8 Å². The van der Waals surface area contributed by atoms with E-state index in [1.807, 2.05) is 30.8 Å². The fraction of sp³-hybridized carbons (Fsp3) is 0.417. The van der Waals surface area contributed by atoms with Gasteiger partial charge in [-0.3, -0.25) is 0 Å². The van der Waals surface area contributed by atoms with Crippen molar-refractivity contribution >= 4 is 11.3 Å². The summed E-state index contributed by atoms with van der Waals surface area (Å²) in [5.74, 6) is 0. The zero-order chi connectivity index (χ0) is 11.5. The number of thiophene rings is 1. The van der Waals surface area contributed by atoms with Crippen LogP contribution in [-0.4, -0.2) is 9.55 Å². The molecule has 0 aromatic carbocycles. The summed E-state index contributed by atoms with van der Waals surface area (Å²) in [6.45, 7) is 5.04. The lowest BCUT2D eigenvalue weighted by Crippen LogP contribution is -2.11. The van der Waals surface area contributed by atoms with Gasteiger partial charge in [0.05, 0.1) is 18.6 Å². The molecule has 0 aliphatic carbocycles. The third-order valence-electron chi connectivity index (χ3n) is 2.60. The molecule has 0 aliphatic heterocycles. The summed E-state index contributed by atoms with van der Waals surface area (Å²) < 4.78 is 2.12. The van der Waals surface area contributed by atoms with E-state index in [-0.39, 0.29) is 6.04 Å². The number of aryl methyl sites for hydroxylation is 1. The van der Waals surface area contributed by atoms with Gasteiger partial charge >= 0.3 is 0 Å². The molecule has 4 heteroatoms. The van der Waals surface area contributed by atoms with Gasteiger partial charge in [0, 0.05) is 22.0 Å². The third kappa shape index (κ3) is 2.33. The lowest BCUT2D eigenvalue weighted by Gasteiger charge is -2.09. The summed E-state index contributed by atoms with van der Waals surface area (Å²) in [6, 6.07) is 4.42. The fourth-order valence-corrected chi connectivity index (χ4v) is 2.66. The zero-order valence-electron chi connectivity index (χ0n) is 9.68. The number of hydrogen-bond acceptors (Lipinski definition) is 3. The molecule has 0 aliphatic rings. The number of nitrogens with zero attached hydrogens (tertiary/aromatic N) is 2. The smallest absolute Gasteiger partial charge is 0.0952 e. The van der Waals surface area contributed by atoms with E-state index in [9.17, 15) is 0 Å². The lowest BCUT2D eigenvalue weighted by molar-refractivity contribution is 0.679. The first kappa shape index (κ1) is 11.4. The van der Waals surface area contributed by atoms with Crippen LogP contribution < -0.4 is 5.73 Å². The van der Waals surface area contributed by atoms with Gasteiger partial charge in [-0.05, 0) is 25.5 Å². The minimum absolute atomic E-state index is 0.0353. The van der Waals surface area contributed by atoms with Gasteiger partial charge in [0.1, 0.15) is 0 Å². The Labute approximate surface area is 99.9 Å². The van der Waals surface area contributed by atoms with E-state index in [0.29, 0.717) is 0 Å². The first-order valence-electron chi connectivity index (χ1n) is 5.54. The van der Waals surface area contributed by atoms with E-state index >= 15 is 0 Å². The van der Waals surface area contributed by atoms with Crippen molar-refractivity contribution in [2.75, 3.05) is 0 Å². The Morgan fingerprint density at radius 2 is 2.19 bits per heavy atom. The molecule has 0 amide bonds. The molecule has 2 heterocycles. The van der Waals surface area contributed by atoms with Crippen molar-refractivity contribution in [3.8, 4) is 0 Å². The average Bonchev–Trinajstić information content (AvgIpc) is 2.87. The van der Waals surface area contributed by atoms with Crippen molar-refractivity contribution in [3.05, 3.63) is 40.1 Å². The summed E-state index contributed by atoms with van der Waals surface area (Å²) in [5, 5.41) is 0. The van der Waals surface area contributed by atoms with Gasteiger partial charge < -0.3 is 10.3 Å². The Balaban J connectivity index is 2.17. The number of rotatable bonds is 4. The predicted octanol–water partition coefficient (Wildman–Crippen LogP) is 2.58. The number of nitrogens with two attached hydrogens (primary N) is 1. The lowest BCUT2D eigenvalue weighted by atomic mass is 10.2. The van der Waals surface area contributed by atoms with Crippen molar-refractivity contribution in [2.24, 2.45) is 5.73 Å². The Bertz CT molecular complexity index is 456. The quantitative estimate of drug-likeness (QED) is 0.885. The number of hydrogen-bond donors (Lipinski definition) is 1. The molecule has 0 unspecified atom stereocenters. The van der Waals surface area contributed by atoms with Crippen molar-refractivity contribution in [1.29, 1.82) is 0 Å². The molecule has 0 saturated carbocycles. The molecule has 0 fully saturated rings. The molecule has 0 spiro atoms. The third-order valence-corrected chi connectivity index (χ3v) is 3.82. The van der Waals surface area contributed by atoms with Crippen LogP contribution in [0.5, 0.6) is 0 Å². The highest BCUT2D eigenvalue weighted by molar-refractivity contribution is 7.11. The fourth-order valence-electron chi connectivity index (χ4n) is 1.71. The minimum atomic E-state index is 0.0353. The second-order valence-corrected chi connectivity index (χ2v) is 5.21. The predicted molar refractivity (Wildman–Crippen MR) is 67.6 cm³/mol. The van der Waals surface area contributed by atoms with Gasteiger partial charge in [-0.15, -0.1) is 11.3 Å². The van der Waals surface area contributed by atoms with Crippen molar-refractivity contribution < 1.29 is 0 Å². The molecule has 2 aromatic heterocycles. The first-order valence-corrected chi connectivity index (χ1v) is 6.35. The molecular weight excluding hydrogens is 218 g/mol. The van der Waals surface area contributed by atoms with Crippen LogP contribution >= 0.6 is 11.3 Å². The highest BCUT2D eigenvalue weighted by Gasteiger charge is 2.07. The maximum Gasteiger partial charge on any atom is 0.0952 e. The summed E-state index contributed by atoms with van der Waals surface area (Å²) in [4.78, 5) is 6.94. The van der Waals surface area contributed by atoms with E-state index in [4.69, 9.17) is 5.73 Å². The van der Waals surface area contributed by atoms with Gasteiger partial charge in [0.2, 0.25) is 0 Å². The van der Waals surface area contributed by atoms with Crippen molar-refractivity contribution in [3.63, 3.8) is 0 Å². The van der Waals surface area contributed by atoms with Crippen molar-refractivity contribution in [2.45, 2.75) is 32.9 Å². The molecule has 0 bridgehead atoms. The van der Waals surface area contributed by atoms with Crippen LogP contribution in [0.2, 0.25) is 0 Å². The van der Waals surface area contributed by atoms with Gasteiger partial charge in [-0.25, -0.2) is 4.98 Å². The van der Waals surface area contributed by atoms with Crippen LogP contribution in [0.4, 0.5) is 0 Å². The Hall–Kier alpha value is -1.13. The highest BCUT2D eigenvalue weighted by atomic mass is 32.1. The Kier molecular flexibility index (Phi) is 3.41. The summed E-state index contributed by atoms with van der Waals surface area (Å²) in [5.41, 5.74) is 6.98. The van der Waals surface area contributed by atoms with Crippen LogP contribution in [0.1, 0.15) is 35.3 Å². The van der Waals surface area contributed by atoms with Gasteiger partial charge in [-0.2, -0.15) is 0 Å². The van der Waals surface area contributed by atoms with Gasteiger partial charge in [0.25, 0.3) is 0 Å². The zero-order valence-corrected chi connectivity index (χ0v) is 10.5. The monoisotopic (exact) mass is 235 g/mol. The maximum atomic E-state index is 5.89. The van der Waals surface area contributed by atoms with E-state index in [0.717, 1.165) is 18.7 Å². The number of aromatic nitrogens is 2. The SMILES string of the molecule is CCc1ccc(Cn2cncc2[C@@H](C)N)s1. The molecule has 0 saturated heterocycles. The second kappa shape index (κ2) is 4.80. The maximum absolute atomic E-state index is 5.89. The summed E-state index contributed by atoms with van der Waals surface area (Å²) in [6.07, 6.45) is 4.80. The van der Waals surface area contributed by atoms with Crippen molar-refractivity contribution in [1.82, 2.24) is 9.55 Å². The van der Waals surface area contributed by atoms with E-state index in [1.54, 1.807) is 0 Å². The molecular formula is C12H17N3S. The molecule has 3 nitrogen and oxygen atoms in total. The molecule has 16 heavy (non-hydrogen) atoms. The standard InChI is InChI=1S/C12H17N3S/c1-3-10-4-5-11(16-10)7-15-8-14-6-12(15)9(2)13/h4-6,8-9H,3,7,13H2,1-2H3/t9-/m1/s1. The normalized spacial score (nSPS) is 12.9. The Morgan fingerprint density at radius 1 is 1.44 bits per heavy atom. The molecule has 1 atom stereocenters. The molecule has 0 radical (unpaired) electrons. The molecule has 2 rings (SSSR count). The van der Waals surface area contributed by atoms with Gasteiger partial charge in [0.15, 0.2) is 0 Å². The highest BCUT2D eigenvalue weighted by Crippen LogP contribution is 2.19. The van der Waals surface area contributed by atoms with E-state index < -0.39 is 0 Å². The van der Waals surface area contributed by atoms with E-state index in [2.05, 4.69) is 28.6 Å². The summed E-state index contributed by atoms with van der Waals surface area (Å²) in [7, 11) is 0. The van der Waals surface area contributed by atoms with Crippen LogP contribution in [0.3, 0.4) is 0 Å². The first-order chi connectivity index (χ1) is 7.70. The van der Waals surface area contributed by atoms with Crippen LogP contribution in [0.25, 0.3) is 0 Å². The second-order valence-electron chi connectivity index (χ2n) is 3.96. The number of imidazole rings is 1. The minimum Gasteiger partial charge on any atom is -0.328 e.